The summed E-state index contributed by atoms with van der Waals surface area (Å²) in [6, 6.07) is -0.513. The van der Waals surface area contributed by atoms with Crippen LogP contribution in [-0.2, 0) is 19.1 Å². The maximum atomic E-state index is 11.6. The number of nitrogens with one attached hydrogen (secondary N) is 1. The van der Waals surface area contributed by atoms with Crippen LogP contribution in [0.5, 0.6) is 0 Å². The van der Waals surface area contributed by atoms with Crippen molar-refractivity contribution in [1.82, 2.24) is 5.32 Å². The highest BCUT2D eigenvalue weighted by molar-refractivity contribution is 5.71. The molecular weight excluding hydrogens is 278 g/mol. The Labute approximate surface area is 125 Å². The molecule has 0 aliphatic rings. The maximum absolute atomic E-state index is 11.6. The Morgan fingerprint density at radius 3 is 2.29 bits per heavy atom. The van der Waals surface area contributed by atoms with Gasteiger partial charge in [-0.15, -0.1) is 0 Å². The summed E-state index contributed by atoms with van der Waals surface area (Å²) in [7, 11) is 0. The fraction of sp³-hybridized carbons (Fsp3) is 0.786. The summed E-state index contributed by atoms with van der Waals surface area (Å²) < 4.78 is 9.49. The molecule has 0 aromatic carbocycles. The molecule has 0 radical (unpaired) electrons. The van der Waals surface area contributed by atoms with E-state index in [2.05, 4.69) is 10.1 Å². The molecule has 0 heterocycles. The fourth-order valence-electron chi connectivity index (χ4n) is 2.11. The molecule has 3 atom stereocenters. The van der Waals surface area contributed by atoms with Crippen molar-refractivity contribution in [2.75, 3.05) is 0 Å². The van der Waals surface area contributed by atoms with Gasteiger partial charge in [0.25, 0.3) is 0 Å². The third-order valence-corrected chi connectivity index (χ3v) is 2.82. The number of rotatable bonds is 9. The number of hydrogen-bond acceptors (Lipinski definition) is 5. The highest BCUT2D eigenvalue weighted by atomic mass is 16.7. The minimum Gasteiger partial charge on any atom is -0.481 e. The van der Waals surface area contributed by atoms with Gasteiger partial charge in [-0.2, -0.15) is 0 Å². The summed E-state index contributed by atoms with van der Waals surface area (Å²) in [5.74, 6) is -1.25. The number of alkyl carbamates (subject to hydrolysis) is 1. The van der Waals surface area contributed by atoms with Crippen LogP contribution in [-0.4, -0.2) is 35.5 Å². The number of carboxylic acid groups (broad SMARTS) is 1. The second-order valence-electron chi connectivity index (χ2n) is 5.15. The Bertz CT molecular complexity index is 357. The summed E-state index contributed by atoms with van der Waals surface area (Å²) in [5, 5.41) is 11.4. The van der Waals surface area contributed by atoms with Crippen molar-refractivity contribution >= 4 is 18.0 Å². The van der Waals surface area contributed by atoms with Crippen LogP contribution in [0.15, 0.2) is 0 Å². The largest absolute Gasteiger partial charge is 0.481 e. The van der Waals surface area contributed by atoms with E-state index in [0.29, 0.717) is 12.3 Å². The smallest absolute Gasteiger partial charge is 0.410 e. The van der Waals surface area contributed by atoms with E-state index in [-0.39, 0.29) is 6.42 Å². The van der Waals surface area contributed by atoms with Gasteiger partial charge in [-0.3, -0.25) is 9.59 Å². The third-order valence-electron chi connectivity index (χ3n) is 2.82. The highest BCUT2D eigenvalue weighted by Crippen LogP contribution is 2.15. The number of esters is 1. The van der Waals surface area contributed by atoms with Crippen LogP contribution in [0.25, 0.3) is 0 Å². The first-order valence-electron chi connectivity index (χ1n) is 7.10. The third kappa shape index (κ3) is 10.6. The molecule has 0 aromatic heterocycles. The summed E-state index contributed by atoms with van der Waals surface area (Å²) >= 11 is 0. The van der Waals surface area contributed by atoms with Gasteiger partial charge >= 0.3 is 18.0 Å². The van der Waals surface area contributed by atoms with Crippen molar-refractivity contribution in [3.05, 3.63) is 0 Å². The van der Waals surface area contributed by atoms with Gasteiger partial charge in [0.15, 0.2) is 0 Å². The lowest BCUT2D eigenvalue weighted by Gasteiger charge is -2.21. The fourth-order valence-corrected chi connectivity index (χ4v) is 2.11. The van der Waals surface area contributed by atoms with E-state index in [9.17, 15) is 14.4 Å². The molecule has 122 valence electrons. The van der Waals surface area contributed by atoms with E-state index in [1.165, 1.54) is 13.8 Å². The molecule has 0 fully saturated rings. The van der Waals surface area contributed by atoms with Gasteiger partial charge in [0.05, 0.1) is 6.42 Å². The number of carbonyl (C=O) groups is 3. The number of ether oxygens (including phenoxy) is 2. The van der Waals surface area contributed by atoms with Crippen LogP contribution in [0.3, 0.4) is 0 Å². The van der Waals surface area contributed by atoms with E-state index in [1.54, 1.807) is 0 Å². The van der Waals surface area contributed by atoms with Gasteiger partial charge in [-0.1, -0.05) is 26.7 Å². The second kappa shape index (κ2) is 10.0. The molecule has 7 heteroatoms. The lowest BCUT2D eigenvalue weighted by Crippen LogP contribution is -2.39. The number of amides is 1. The van der Waals surface area contributed by atoms with Crippen molar-refractivity contribution in [1.29, 1.82) is 0 Å². The van der Waals surface area contributed by atoms with E-state index < -0.39 is 30.4 Å². The number of hydrogen-bond donors (Lipinski definition) is 2. The quantitative estimate of drug-likeness (QED) is 0.500. The van der Waals surface area contributed by atoms with Gasteiger partial charge < -0.3 is 19.9 Å². The van der Waals surface area contributed by atoms with Crippen molar-refractivity contribution in [3.8, 4) is 0 Å². The van der Waals surface area contributed by atoms with Gasteiger partial charge in [0, 0.05) is 19.9 Å². The van der Waals surface area contributed by atoms with E-state index in [1.807, 2.05) is 13.8 Å². The lowest BCUT2D eigenvalue weighted by molar-refractivity contribution is -0.162. The Balaban J connectivity index is 4.40. The van der Waals surface area contributed by atoms with Gasteiger partial charge in [0.1, 0.15) is 0 Å². The first kappa shape index (κ1) is 19.2. The zero-order valence-corrected chi connectivity index (χ0v) is 13.0. The molecule has 7 nitrogen and oxygen atoms in total. The molecule has 2 N–H and O–H groups in total. The molecule has 0 unspecified atom stereocenters. The van der Waals surface area contributed by atoms with Gasteiger partial charge in [-0.25, -0.2) is 4.79 Å². The van der Waals surface area contributed by atoms with E-state index in [0.717, 1.165) is 12.8 Å². The van der Waals surface area contributed by atoms with Gasteiger partial charge in [-0.05, 0) is 12.3 Å². The molecule has 1 amide bonds. The van der Waals surface area contributed by atoms with Crippen LogP contribution in [0, 0.1) is 5.92 Å². The highest BCUT2D eigenvalue weighted by Gasteiger charge is 2.21. The zero-order valence-electron chi connectivity index (χ0n) is 13.0. The van der Waals surface area contributed by atoms with Crippen molar-refractivity contribution in [3.63, 3.8) is 0 Å². The Morgan fingerprint density at radius 1 is 1.19 bits per heavy atom. The van der Waals surface area contributed by atoms with E-state index in [4.69, 9.17) is 9.84 Å². The molecule has 0 aromatic rings. The Morgan fingerprint density at radius 2 is 1.81 bits per heavy atom. The van der Waals surface area contributed by atoms with Gasteiger partial charge in [0.2, 0.25) is 6.29 Å². The molecular formula is C14H25NO6. The van der Waals surface area contributed by atoms with Crippen LogP contribution in [0.2, 0.25) is 0 Å². The maximum Gasteiger partial charge on any atom is 0.410 e. The molecule has 0 spiro atoms. The molecule has 0 aliphatic carbocycles. The minimum atomic E-state index is -1.01. The summed E-state index contributed by atoms with van der Waals surface area (Å²) in [6.45, 7) is 6.67. The predicted octanol–water partition coefficient (Wildman–Crippen LogP) is 2.29. The Hall–Kier alpha value is -1.79. The normalized spacial score (nSPS) is 14.7. The summed E-state index contributed by atoms with van der Waals surface area (Å²) in [5.41, 5.74) is 0. The molecule has 0 saturated carbocycles. The minimum absolute atomic E-state index is 0.175. The summed E-state index contributed by atoms with van der Waals surface area (Å²) in [4.78, 5) is 33.2. The molecule has 0 aliphatic heterocycles. The molecule has 0 bridgehead atoms. The van der Waals surface area contributed by atoms with Crippen molar-refractivity contribution in [2.45, 2.75) is 65.7 Å². The molecule has 0 rings (SSSR count). The topological polar surface area (TPSA) is 102 Å². The number of aliphatic carboxylic acids is 1. The Kier molecular flexibility index (Phi) is 9.16. The number of carboxylic acids is 1. The predicted molar refractivity (Wildman–Crippen MR) is 75.6 cm³/mol. The number of carbonyl (C=O) groups excluding carboxylic acids is 2. The lowest BCUT2D eigenvalue weighted by atomic mass is 9.95. The zero-order chi connectivity index (χ0) is 16.4. The summed E-state index contributed by atoms with van der Waals surface area (Å²) in [6.07, 6.45) is 0.521. The van der Waals surface area contributed by atoms with Crippen LogP contribution in [0.4, 0.5) is 4.79 Å². The van der Waals surface area contributed by atoms with Crippen LogP contribution >= 0.6 is 0 Å². The SMILES string of the molecule is CCC[C@@H](C)C[C@@H](CC(=O)O)NC(=O)O[C@@H](C)OC(C)=O. The van der Waals surface area contributed by atoms with Crippen LogP contribution in [0.1, 0.15) is 53.4 Å². The average Bonchev–Trinajstić information content (AvgIpc) is 2.25. The van der Waals surface area contributed by atoms with Crippen molar-refractivity contribution in [2.24, 2.45) is 5.92 Å². The monoisotopic (exact) mass is 303 g/mol. The van der Waals surface area contributed by atoms with Crippen molar-refractivity contribution < 1.29 is 29.0 Å². The molecule has 0 saturated heterocycles. The molecule has 21 heavy (non-hydrogen) atoms. The average molecular weight is 303 g/mol. The van der Waals surface area contributed by atoms with Crippen LogP contribution < -0.4 is 5.32 Å². The first-order chi connectivity index (χ1) is 9.74. The standard InChI is InChI=1S/C14H25NO6/c1-5-6-9(2)7-12(8-13(17)18)15-14(19)21-11(4)20-10(3)16/h9,11-12H,5-8H2,1-4H3,(H,15,19)(H,17,18)/t9-,11+,12+/m1/s1. The second-order valence-corrected chi connectivity index (χ2v) is 5.15. The first-order valence-corrected chi connectivity index (χ1v) is 7.10. The van der Waals surface area contributed by atoms with E-state index >= 15 is 0 Å².